The van der Waals surface area contributed by atoms with Crippen LogP contribution in [0.2, 0.25) is 5.02 Å². The third-order valence-corrected chi connectivity index (χ3v) is 5.26. The van der Waals surface area contributed by atoms with Gasteiger partial charge in [-0.15, -0.1) is 0 Å². The van der Waals surface area contributed by atoms with Gasteiger partial charge in [-0.25, -0.2) is 5.43 Å². The first-order valence-electron chi connectivity index (χ1n) is 9.33. The monoisotopic (exact) mass is 515 g/mol. The topological polar surface area (TPSA) is 89.0 Å². The van der Waals surface area contributed by atoms with Crippen molar-refractivity contribution in [3.8, 4) is 11.5 Å². The second-order valence-corrected chi connectivity index (χ2v) is 7.76. The lowest BCUT2D eigenvalue weighted by molar-refractivity contribution is 0.0954. The molecule has 3 aromatic rings. The Morgan fingerprint density at radius 3 is 2.12 bits per heavy atom. The number of nitrogens with one attached hydrogen (secondary N) is 2. The number of hydrazone groups is 1. The number of nitrogens with zero attached hydrogens (tertiary/aromatic N) is 1. The van der Waals surface area contributed by atoms with E-state index in [4.69, 9.17) is 21.1 Å². The van der Waals surface area contributed by atoms with E-state index in [2.05, 4.69) is 31.8 Å². The van der Waals surface area contributed by atoms with Gasteiger partial charge in [0.1, 0.15) is 11.5 Å². The molecule has 0 aromatic heterocycles. The molecule has 0 saturated heterocycles. The number of halogens is 2. The van der Waals surface area contributed by atoms with Crippen LogP contribution in [0.15, 0.2) is 70.2 Å². The molecule has 32 heavy (non-hydrogen) atoms. The average Bonchev–Trinajstić information content (AvgIpc) is 2.80. The van der Waals surface area contributed by atoms with E-state index in [0.717, 1.165) is 4.47 Å². The molecule has 0 heterocycles. The average molecular weight is 517 g/mol. The summed E-state index contributed by atoms with van der Waals surface area (Å²) in [6.07, 6.45) is 1.47. The highest BCUT2D eigenvalue weighted by molar-refractivity contribution is 9.10. The molecule has 7 nitrogen and oxygen atoms in total. The number of anilines is 1. The summed E-state index contributed by atoms with van der Waals surface area (Å²) in [6.45, 7) is 0. The number of benzene rings is 3. The molecular formula is C23H19BrClN3O4. The van der Waals surface area contributed by atoms with E-state index in [0.29, 0.717) is 38.9 Å². The summed E-state index contributed by atoms with van der Waals surface area (Å²) in [5, 5.41) is 7.31. The van der Waals surface area contributed by atoms with Gasteiger partial charge in [0.15, 0.2) is 0 Å². The van der Waals surface area contributed by atoms with Crippen LogP contribution in [0, 0.1) is 0 Å². The van der Waals surface area contributed by atoms with Crippen molar-refractivity contribution in [3.63, 3.8) is 0 Å². The highest BCUT2D eigenvalue weighted by Gasteiger charge is 2.10. The minimum absolute atomic E-state index is 0.275. The molecule has 0 fully saturated rings. The van der Waals surface area contributed by atoms with Crippen LogP contribution in [0.25, 0.3) is 0 Å². The predicted molar refractivity (Wildman–Crippen MR) is 128 cm³/mol. The molecule has 0 saturated carbocycles. The van der Waals surface area contributed by atoms with Gasteiger partial charge in [-0.2, -0.15) is 5.10 Å². The summed E-state index contributed by atoms with van der Waals surface area (Å²) in [5.74, 6) is 0.488. The van der Waals surface area contributed by atoms with Gasteiger partial charge in [-0.1, -0.05) is 11.6 Å². The number of carbonyl (C=O) groups is 2. The first-order valence-corrected chi connectivity index (χ1v) is 10.5. The quantitative estimate of drug-likeness (QED) is 0.336. The van der Waals surface area contributed by atoms with Gasteiger partial charge in [-0.3, -0.25) is 9.59 Å². The molecule has 3 rings (SSSR count). The van der Waals surface area contributed by atoms with E-state index in [1.165, 1.54) is 13.3 Å². The van der Waals surface area contributed by atoms with Crippen LogP contribution in [0.1, 0.15) is 26.3 Å². The second-order valence-electron chi connectivity index (χ2n) is 6.47. The van der Waals surface area contributed by atoms with Crippen LogP contribution in [0.4, 0.5) is 5.69 Å². The van der Waals surface area contributed by atoms with Crippen molar-refractivity contribution in [2.75, 3.05) is 19.5 Å². The van der Waals surface area contributed by atoms with Gasteiger partial charge in [0.2, 0.25) is 0 Å². The predicted octanol–water partition coefficient (Wildman–Crippen LogP) is 5.14. The van der Waals surface area contributed by atoms with Crippen molar-refractivity contribution in [1.29, 1.82) is 0 Å². The van der Waals surface area contributed by atoms with E-state index in [1.807, 2.05) is 0 Å². The number of hydrogen-bond acceptors (Lipinski definition) is 5. The molecular weight excluding hydrogens is 498 g/mol. The molecule has 0 radical (unpaired) electrons. The molecule has 0 aliphatic carbocycles. The maximum Gasteiger partial charge on any atom is 0.271 e. The van der Waals surface area contributed by atoms with Crippen molar-refractivity contribution in [2.45, 2.75) is 0 Å². The molecule has 164 valence electrons. The van der Waals surface area contributed by atoms with Gasteiger partial charge in [-0.05, 0) is 70.5 Å². The molecule has 0 atom stereocenters. The molecule has 2 amide bonds. The zero-order valence-electron chi connectivity index (χ0n) is 17.2. The van der Waals surface area contributed by atoms with E-state index in [9.17, 15) is 9.59 Å². The maximum absolute atomic E-state index is 12.4. The van der Waals surface area contributed by atoms with Crippen molar-refractivity contribution in [3.05, 3.63) is 86.8 Å². The van der Waals surface area contributed by atoms with Gasteiger partial charge in [0, 0.05) is 33.5 Å². The fourth-order valence-corrected chi connectivity index (χ4v) is 3.37. The lowest BCUT2D eigenvalue weighted by Gasteiger charge is -2.09. The molecule has 0 unspecified atom stereocenters. The number of amides is 2. The third kappa shape index (κ3) is 5.87. The second kappa shape index (κ2) is 10.8. The zero-order valence-corrected chi connectivity index (χ0v) is 19.5. The maximum atomic E-state index is 12.4. The SMILES string of the molecule is COc1cc(OC)c(/C=N/NC(=O)c2ccc(NC(=O)c3ccc(Cl)cc3)cc2)cc1Br. The van der Waals surface area contributed by atoms with Crippen LogP contribution < -0.4 is 20.2 Å². The Bertz CT molecular complexity index is 1150. The first kappa shape index (κ1) is 23.3. The Morgan fingerprint density at radius 1 is 0.906 bits per heavy atom. The van der Waals surface area contributed by atoms with Crippen LogP contribution in [0.5, 0.6) is 11.5 Å². The van der Waals surface area contributed by atoms with Crippen LogP contribution >= 0.6 is 27.5 Å². The fourth-order valence-electron chi connectivity index (χ4n) is 2.72. The molecule has 0 aliphatic rings. The Hall–Kier alpha value is -3.36. The van der Waals surface area contributed by atoms with Gasteiger partial charge < -0.3 is 14.8 Å². The Kier molecular flexibility index (Phi) is 7.86. The van der Waals surface area contributed by atoms with Crippen molar-refractivity contribution in [1.82, 2.24) is 5.43 Å². The minimum atomic E-state index is -0.400. The lowest BCUT2D eigenvalue weighted by Crippen LogP contribution is -2.18. The largest absolute Gasteiger partial charge is 0.496 e. The van der Waals surface area contributed by atoms with Gasteiger partial charge in [0.25, 0.3) is 11.8 Å². The summed E-state index contributed by atoms with van der Waals surface area (Å²) in [6, 6.07) is 16.5. The smallest absolute Gasteiger partial charge is 0.271 e. The van der Waals surface area contributed by atoms with E-state index >= 15 is 0 Å². The standard InChI is InChI=1S/C23H19BrClN3O4/c1-31-20-12-21(32-2)19(24)11-16(20)13-26-28-23(30)15-5-9-18(10-6-15)27-22(29)14-3-7-17(25)8-4-14/h3-13H,1-2H3,(H,27,29)(H,28,30)/b26-13+. The van der Waals surface area contributed by atoms with Gasteiger partial charge in [0.05, 0.1) is 24.9 Å². The van der Waals surface area contributed by atoms with Crippen LogP contribution in [0.3, 0.4) is 0 Å². The zero-order chi connectivity index (χ0) is 23.1. The molecule has 0 spiro atoms. The Labute approximate surface area is 198 Å². The summed E-state index contributed by atoms with van der Waals surface area (Å²) in [7, 11) is 3.09. The first-order chi connectivity index (χ1) is 15.4. The summed E-state index contributed by atoms with van der Waals surface area (Å²) in [5.41, 5.74) is 4.54. The summed E-state index contributed by atoms with van der Waals surface area (Å²) >= 11 is 9.24. The van der Waals surface area contributed by atoms with Crippen LogP contribution in [-0.2, 0) is 0 Å². The van der Waals surface area contributed by atoms with Crippen molar-refractivity contribution in [2.24, 2.45) is 5.10 Å². The highest BCUT2D eigenvalue weighted by Crippen LogP contribution is 2.31. The molecule has 9 heteroatoms. The molecule has 0 bridgehead atoms. The number of methoxy groups -OCH3 is 2. The van der Waals surface area contributed by atoms with Crippen molar-refractivity contribution >= 4 is 51.2 Å². The number of hydrogen-bond donors (Lipinski definition) is 2. The number of carbonyl (C=O) groups excluding carboxylic acids is 2. The number of rotatable bonds is 7. The Balaban J connectivity index is 1.62. The highest BCUT2D eigenvalue weighted by atomic mass is 79.9. The van der Waals surface area contributed by atoms with Crippen molar-refractivity contribution < 1.29 is 19.1 Å². The lowest BCUT2D eigenvalue weighted by atomic mass is 10.1. The molecule has 2 N–H and O–H groups in total. The minimum Gasteiger partial charge on any atom is -0.496 e. The Morgan fingerprint density at radius 2 is 1.50 bits per heavy atom. The summed E-state index contributed by atoms with van der Waals surface area (Å²) < 4.78 is 11.3. The molecule has 0 aliphatic heterocycles. The summed E-state index contributed by atoms with van der Waals surface area (Å²) in [4.78, 5) is 24.6. The fraction of sp³-hybridized carbons (Fsp3) is 0.0870. The van der Waals surface area contributed by atoms with Crippen LogP contribution in [-0.4, -0.2) is 32.2 Å². The van der Waals surface area contributed by atoms with E-state index in [-0.39, 0.29) is 5.91 Å². The number of ether oxygens (including phenoxy) is 2. The normalized spacial score (nSPS) is 10.6. The van der Waals surface area contributed by atoms with E-state index in [1.54, 1.807) is 67.8 Å². The van der Waals surface area contributed by atoms with Gasteiger partial charge >= 0.3 is 0 Å². The third-order valence-electron chi connectivity index (χ3n) is 4.39. The molecule has 3 aromatic carbocycles. The van der Waals surface area contributed by atoms with E-state index < -0.39 is 5.91 Å².